The summed E-state index contributed by atoms with van der Waals surface area (Å²) in [6.45, 7) is 10.8. The van der Waals surface area contributed by atoms with Gasteiger partial charge in [0, 0.05) is 11.5 Å². The summed E-state index contributed by atoms with van der Waals surface area (Å²) in [6.07, 6.45) is 4.92. The van der Waals surface area contributed by atoms with E-state index in [-0.39, 0.29) is 46.8 Å². The van der Waals surface area contributed by atoms with Crippen molar-refractivity contribution in [2.24, 2.45) is 0 Å². The quantitative estimate of drug-likeness (QED) is 0.443. The van der Waals surface area contributed by atoms with Crippen molar-refractivity contribution >= 4 is 29.6 Å². The summed E-state index contributed by atoms with van der Waals surface area (Å²) in [7, 11) is 0. The van der Waals surface area contributed by atoms with Gasteiger partial charge in [0.15, 0.2) is 17.3 Å². The molecule has 2 aromatic rings. The average molecular weight is 400 g/mol. The van der Waals surface area contributed by atoms with E-state index in [1.807, 2.05) is 19.9 Å². The zero-order valence-corrected chi connectivity index (χ0v) is 17.1. The first-order valence-electron chi connectivity index (χ1n) is 9.72. The van der Waals surface area contributed by atoms with Crippen LogP contribution >= 0.6 is 0 Å². The van der Waals surface area contributed by atoms with E-state index in [1.165, 1.54) is 0 Å². The maximum absolute atomic E-state index is 10.2. The summed E-state index contributed by atoms with van der Waals surface area (Å²) in [5, 5.41) is 24.5. The van der Waals surface area contributed by atoms with E-state index >= 15 is 0 Å². The fourth-order valence-corrected chi connectivity index (χ4v) is 2.94. The summed E-state index contributed by atoms with van der Waals surface area (Å²) in [6, 6.07) is 3.54. The van der Waals surface area contributed by atoms with Crippen molar-refractivity contribution in [3.8, 4) is 17.2 Å². The third-order valence-electron chi connectivity index (χ3n) is 4.54. The average Bonchev–Trinajstić information content (AvgIpc) is 3.15. The fraction of sp³-hybridized carbons (Fsp3) is 0.650. The van der Waals surface area contributed by atoms with Crippen LogP contribution in [0.3, 0.4) is 0 Å². The van der Waals surface area contributed by atoms with Crippen LogP contribution in [0.2, 0.25) is 0 Å². The number of unbranched alkanes of at least 4 members (excludes halogenated alkanes) is 2. The number of benzene rings is 1. The Morgan fingerprint density at radius 1 is 1.14 bits per heavy atom. The zero-order valence-electron chi connectivity index (χ0n) is 17.1. The van der Waals surface area contributed by atoms with Gasteiger partial charge in [-0.05, 0) is 44.7 Å². The molecule has 0 aliphatic rings. The van der Waals surface area contributed by atoms with E-state index < -0.39 is 0 Å². The molecule has 2 rings (SSSR count). The Hall–Kier alpha value is -1.31. The minimum absolute atomic E-state index is 0. The summed E-state index contributed by atoms with van der Waals surface area (Å²) < 4.78 is 11.6. The van der Waals surface area contributed by atoms with Gasteiger partial charge in [-0.3, -0.25) is 0 Å². The first-order valence-corrected chi connectivity index (χ1v) is 9.72. The molecule has 1 aromatic heterocycles. The van der Waals surface area contributed by atoms with Crippen LogP contribution < -0.4 is 9.47 Å². The van der Waals surface area contributed by atoms with Gasteiger partial charge in [-0.1, -0.05) is 38.8 Å². The normalized spacial score (nSPS) is 11.4. The summed E-state index contributed by atoms with van der Waals surface area (Å²) in [5.74, 6) is 2.12. The Balaban J connectivity index is 0.00000392. The Morgan fingerprint density at radius 3 is 2.50 bits per heavy atom. The minimum atomic E-state index is -0.0821. The molecule has 0 spiro atoms. The van der Waals surface area contributed by atoms with Crippen molar-refractivity contribution in [1.82, 2.24) is 20.6 Å². The number of aromatic amines is 1. The van der Waals surface area contributed by atoms with Crippen LogP contribution in [0.1, 0.15) is 71.7 Å². The number of hydrogen-bond acceptors (Lipinski definition) is 6. The molecule has 152 valence electrons. The molecule has 1 aromatic carbocycles. The Morgan fingerprint density at radius 2 is 1.89 bits per heavy atom. The number of H-pyrrole nitrogens is 1. The van der Waals surface area contributed by atoms with E-state index in [4.69, 9.17) is 9.47 Å². The van der Waals surface area contributed by atoms with Crippen molar-refractivity contribution in [2.75, 3.05) is 6.61 Å². The number of aryl methyl sites for hydroxylation is 1. The first kappa shape index (κ1) is 24.7. The second-order valence-electron chi connectivity index (χ2n) is 7.73. The Kier molecular flexibility index (Phi) is 10.3. The third kappa shape index (κ3) is 7.26. The van der Waals surface area contributed by atoms with Gasteiger partial charge >= 0.3 is 29.6 Å². The number of hydrogen-bond donors (Lipinski definition) is 2. The zero-order chi connectivity index (χ0) is 19.9. The van der Waals surface area contributed by atoms with Crippen LogP contribution in [-0.4, -0.2) is 68.0 Å². The molecule has 1 heterocycles. The van der Waals surface area contributed by atoms with Crippen LogP contribution in [0.25, 0.3) is 0 Å². The molecule has 0 radical (unpaired) electrons. The topological polar surface area (TPSA) is 93.1 Å². The number of ether oxygens (including phenoxy) is 2. The van der Waals surface area contributed by atoms with Gasteiger partial charge < -0.3 is 14.6 Å². The fourth-order valence-electron chi connectivity index (χ4n) is 2.94. The maximum atomic E-state index is 10.2. The molecular formula is C20H33N4NaO3. The van der Waals surface area contributed by atoms with Crippen molar-refractivity contribution in [2.45, 2.75) is 78.2 Å². The number of tetrazole rings is 1. The van der Waals surface area contributed by atoms with Crippen molar-refractivity contribution in [3.63, 3.8) is 0 Å². The van der Waals surface area contributed by atoms with E-state index in [1.54, 1.807) is 6.07 Å². The number of aromatic hydroxyl groups is 1. The molecule has 0 atom stereocenters. The van der Waals surface area contributed by atoms with Gasteiger partial charge in [0.1, 0.15) is 5.75 Å². The van der Waals surface area contributed by atoms with Crippen LogP contribution in [-0.2, 0) is 11.8 Å². The van der Waals surface area contributed by atoms with Gasteiger partial charge in [0.05, 0.1) is 12.7 Å². The van der Waals surface area contributed by atoms with Crippen molar-refractivity contribution in [3.05, 3.63) is 23.5 Å². The molecule has 28 heavy (non-hydrogen) atoms. The number of nitrogens with zero attached hydrogens (tertiary/aromatic N) is 3. The molecule has 7 nitrogen and oxygen atoms in total. The molecule has 0 fully saturated rings. The van der Waals surface area contributed by atoms with Crippen LogP contribution in [0.5, 0.6) is 17.2 Å². The monoisotopic (exact) mass is 400 g/mol. The Labute approximate surface area is 189 Å². The standard InChI is InChI=1S/C20H32N4O3.Na.H/c1-6-15-12-18(27-14(2)3)16(25)13-17(15)26-11-9-7-8-10-20(4,5)19-21-23-24-22-19;;/h12-14,25H,6-11H2,1-5H3,(H,21,22,23,24);;. The third-order valence-corrected chi connectivity index (χ3v) is 4.54. The molecule has 0 saturated carbocycles. The molecule has 8 heteroatoms. The van der Waals surface area contributed by atoms with Gasteiger partial charge in [0.25, 0.3) is 0 Å². The van der Waals surface area contributed by atoms with E-state index in [0.29, 0.717) is 12.4 Å². The molecule has 0 amide bonds. The predicted molar refractivity (Wildman–Crippen MR) is 112 cm³/mol. The molecule has 0 unspecified atom stereocenters. The van der Waals surface area contributed by atoms with Gasteiger partial charge in [0.2, 0.25) is 0 Å². The molecule has 0 saturated heterocycles. The number of aromatic nitrogens is 4. The predicted octanol–water partition coefficient (Wildman–Crippen LogP) is 3.52. The van der Waals surface area contributed by atoms with Crippen molar-refractivity contribution < 1.29 is 14.6 Å². The molecular weight excluding hydrogens is 367 g/mol. The van der Waals surface area contributed by atoms with Gasteiger partial charge in [-0.25, -0.2) is 0 Å². The van der Waals surface area contributed by atoms with Crippen molar-refractivity contribution in [1.29, 1.82) is 0 Å². The number of rotatable bonds is 11. The number of nitrogens with one attached hydrogen (secondary N) is 1. The van der Waals surface area contributed by atoms with E-state index in [9.17, 15) is 5.11 Å². The second-order valence-corrected chi connectivity index (χ2v) is 7.73. The molecule has 0 aliphatic heterocycles. The Bertz CT molecular complexity index is 706. The number of phenols is 1. The van der Waals surface area contributed by atoms with E-state index in [2.05, 4.69) is 41.4 Å². The number of phenolic OH excluding ortho intramolecular Hbond substituents is 1. The molecule has 2 N–H and O–H groups in total. The van der Waals surface area contributed by atoms with Gasteiger partial charge in [-0.2, -0.15) is 5.21 Å². The first-order chi connectivity index (χ1) is 12.8. The van der Waals surface area contributed by atoms with Crippen LogP contribution in [0.4, 0.5) is 0 Å². The molecule has 0 bridgehead atoms. The van der Waals surface area contributed by atoms with Crippen LogP contribution in [0, 0.1) is 0 Å². The summed E-state index contributed by atoms with van der Waals surface area (Å²) in [4.78, 5) is 0. The second kappa shape index (κ2) is 11.6. The molecule has 0 aliphatic carbocycles. The van der Waals surface area contributed by atoms with E-state index in [0.717, 1.165) is 49.2 Å². The van der Waals surface area contributed by atoms with Gasteiger partial charge in [-0.15, -0.1) is 10.2 Å². The summed E-state index contributed by atoms with van der Waals surface area (Å²) >= 11 is 0. The SMILES string of the molecule is CCc1cc(OC(C)C)c(O)cc1OCCCCCC(C)(C)c1nn[nH]n1.[NaH]. The summed E-state index contributed by atoms with van der Waals surface area (Å²) in [5.41, 5.74) is 0.961. The van der Waals surface area contributed by atoms with Crippen LogP contribution in [0.15, 0.2) is 12.1 Å².